The summed E-state index contributed by atoms with van der Waals surface area (Å²) in [5.74, 6) is -3.40. The zero-order valence-corrected chi connectivity index (χ0v) is 19.4. The molecule has 4 nitrogen and oxygen atoms in total. The van der Waals surface area contributed by atoms with Gasteiger partial charge in [0.15, 0.2) is 0 Å². The van der Waals surface area contributed by atoms with E-state index in [9.17, 15) is 27.2 Å². The predicted molar refractivity (Wildman–Crippen MR) is 128 cm³/mol. The molecule has 36 heavy (non-hydrogen) atoms. The highest BCUT2D eigenvalue weighted by atomic mass is 19.1. The van der Waals surface area contributed by atoms with Crippen LogP contribution in [0.4, 0.5) is 17.6 Å². The number of hydrogen-bond acceptors (Lipinski definition) is 2. The molecular formula is C28H22F4N2O2. The van der Waals surface area contributed by atoms with Crippen LogP contribution in [0.5, 0.6) is 0 Å². The van der Waals surface area contributed by atoms with Crippen molar-refractivity contribution >= 4 is 16.7 Å². The fraction of sp³-hybridized carbons (Fsp3) is 0.214. The number of benzene rings is 3. The number of hydrogen-bond donors (Lipinski definition) is 1. The van der Waals surface area contributed by atoms with E-state index in [0.29, 0.717) is 11.1 Å². The van der Waals surface area contributed by atoms with Crippen LogP contribution in [0.25, 0.3) is 10.8 Å². The maximum absolute atomic E-state index is 14.8. The lowest BCUT2D eigenvalue weighted by molar-refractivity contribution is 0.0951. The third-order valence-electron chi connectivity index (χ3n) is 6.68. The summed E-state index contributed by atoms with van der Waals surface area (Å²) in [5.41, 5.74) is 0.163. The van der Waals surface area contributed by atoms with E-state index in [-0.39, 0.29) is 45.9 Å². The van der Waals surface area contributed by atoms with Crippen LogP contribution in [-0.2, 0) is 13.1 Å². The molecule has 0 bridgehead atoms. The normalized spacial score (nSPS) is 13.2. The SMILES string of the molecule is Cc1c(C(=O)NCc2cccc(F)c2C2CC2)c2cccc(F)c2c(=O)n1Cc1c(F)cccc1F. The number of carbonyl (C=O) groups excluding carboxylic acids is 1. The van der Waals surface area contributed by atoms with Gasteiger partial charge in [-0.25, -0.2) is 17.6 Å². The van der Waals surface area contributed by atoms with Gasteiger partial charge in [-0.05, 0) is 61.1 Å². The minimum Gasteiger partial charge on any atom is -0.348 e. The van der Waals surface area contributed by atoms with Gasteiger partial charge in [0.1, 0.15) is 23.3 Å². The Morgan fingerprint density at radius 1 is 0.917 bits per heavy atom. The largest absolute Gasteiger partial charge is 0.348 e. The van der Waals surface area contributed by atoms with Crippen LogP contribution in [0.1, 0.15) is 51.5 Å². The molecule has 1 amide bonds. The van der Waals surface area contributed by atoms with Crippen molar-refractivity contribution in [2.24, 2.45) is 0 Å². The highest BCUT2D eigenvalue weighted by molar-refractivity contribution is 6.07. The number of amides is 1. The fourth-order valence-corrected chi connectivity index (χ4v) is 4.71. The second kappa shape index (κ2) is 9.26. The van der Waals surface area contributed by atoms with Crippen molar-refractivity contribution in [2.45, 2.75) is 38.8 Å². The zero-order chi connectivity index (χ0) is 25.6. The Balaban J connectivity index is 1.59. The number of rotatable bonds is 6. The van der Waals surface area contributed by atoms with E-state index in [1.54, 1.807) is 12.1 Å². The summed E-state index contributed by atoms with van der Waals surface area (Å²) in [6, 6.07) is 11.9. The molecule has 0 saturated heterocycles. The lowest BCUT2D eigenvalue weighted by atomic mass is 10.0. The number of fused-ring (bicyclic) bond motifs is 1. The molecule has 5 rings (SSSR count). The number of pyridine rings is 1. The highest BCUT2D eigenvalue weighted by Gasteiger charge is 2.29. The summed E-state index contributed by atoms with van der Waals surface area (Å²) in [6.45, 7) is 0.973. The van der Waals surface area contributed by atoms with Crippen LogP contribution < -0.4 is 10.9 Å². The molecule has 3 aromatic carbocycles. The summed E-state index contributed by atoms with van der Waals surface area (Å²) >= 11 is 0. The lowest BCUT2D eigenvalue weighted by Crippen LogP contribution is -2.31. The summed E-state index contributed by atoms with van der Waals surface area (Å²) in [7, 11) is 0. The molecule has 1 aliphatic rings. The molecule has 4 aromatic rings. The maximum atomic E-state index is 14.8. The Morgan fingerprint density at radius 2 is 1.53 bits per heavy atom. The molecule has 1 aromatic heterocycles. The number of halogens is 4. The van der Waals surface area contributed by atoms with Gasteiger partial charge in [0, 0.05) is 23.2 Å². The summed E-state index contributed by atoms with van der Waals surface area (Å²) < 4.78 is 59.0. The molecular weight excluding hydrogens is 472 g/mol. The van der Waals surface area contributed by atoms with E-state index in [2.05, 4.69) is 5.32 Å². The van der Waals surface area contributed by atoms with Gasteiger partial charge in [-0.2, -0.15) is 0 Å². The Morgan fingerprint density at radius 3 is 2.22 bits per heavy atom. The van der Waals surface area contributed by atoms with Crippen molar-refractivity contribution in [1.29, 1.82) is 0 Å². The van der Waals surface area contributed by atoms with Crippen LogP contribution in [0.3, 0.4) is 0 Å². The van der Waals surface area contributed by atoms with Crippen molar-refractivity contribution in [2.75, 3.05) is 0 Å². The molecule has 0 unspecified atom stereocenters. The molecule has 0 aliphatic heterocycles. The molecule has 8 heteroatoms. The van der Waals surface area contributed by atoms with E-state index in [1.165, 1.54) is 31.2 Å². The monoisotopic (exact) mass is 494 g/mol. The summed E-state index contributed by atoms with van der Waals surface area (Å²) in [6.07, 6.45) is 1.75. The lowest BCUT2D eigenvalue weighted by Gasteiger charge is -2.18. The molecule has 1 saturated carbocycles. The van der Waals surface area contributed by atoms with Crippen LogP contribution in [0.2, 0.25) is 0 Å². The maximum Gasteiger partial charge on any atom is 0.261 e. The summed E-state index contributed by atoms with van der Waals surface area (Å²) in [5, 5.41) is 2.49. The Hall–Kier alpha value is -3.94. The van der Waals surface area contributed by atoms with Crippen molar-refractivity contribution < 1.29 is 22.4 Å². The number of nitrogens with zero attached hydrogens (tertiary/aromatic N) is 1. The van der Waals surface area contributed by atoms with Crippen molar-refractivity contribution in [3.05, 3.63) is 116 Å². The molecule has 184 valence electrons. The van der Waals surface area contributed by atoms with E-state index >= 15 is 0 Å². The second-order valence-electron chi connectivity index (χ2n) is 8.98. The Bertz CT molecular complexity index is 1550. The number of nitrogens with one attached hydrogen (secondary N) is 1. The average molecular weight is 494 g/mol. The fourth-order valence-electron chi connectivity index (χ4n) is 4.71. The molecule has 0 atom stereocenters. The highest BCUT2D eigenvalue weighted by Crippen LogP contribution is 2.43. The first-order chi connectivity index (χ1) is 17.3. The van der Waals surface area contributed by atoms with Gasteiger partial charge < -0.3 is 9.88 Å². The number of carbonyl (C=O) groups is 1. The van der Waals surface area contributed by atoms with Gasteiger partial charge in [-0.3, -0.25) is 9.59 Å². The van der Waals surface area contributed by atoms with Crippen LogP contribution >= 0.6 is 0 Å². The summed E-state index contributed by atoms with van der Waals surface area (Å²) in [4.78, 5) is 26.6. The van der Waals surface area contributed by atoms with Gasteiger partial charge in [0.05, 0.1) is 17.5 Å². The van der Waals surface area contributed by atoms with E-state index < -0.39 is 35.5 Å². The van der Waals surface area contributed by atoms with Crippen LogP contribution in [0.15, 0.2) is 59.4 Å². The Kier molecular flexibility index (Phi) is 6.12. The van der Waals surface area contributed by atoms with E-state index in [1.807, 2.05) is 0 Å². The minimum atomic E-state index is -0.861. The van der Waals surface area contributed by atoms with Gasteiger partial charge in [-0.15, -0.1) is 0 Å². The van der Waals surface area contributed by atoms with Gasteiger partial charge in [0.2, 0.25) is 0 Å². The molecule has 1 fully saturated rings. The van der Waals surface area contributed by atoms with E-state index in [4.69, 9.17) is 0 Å². The van der Waals surface area contributed by atoms with Crippen molar-refractivity contribution in [3.63, 3.8) is 0 Å². The number of aromatic nitrogens is 1. The first-order valence-corrected chi connectivity index (χ1v) is 11.6. The molecule has 0 spiro atoms. The minimum absolute atomic E-state index is 0.00484. The van der Waals surface area contributed by atoms with Crippen molar-refractivity contribution in [1.82, 2.24) is 9.88 Å². The average Bonchev–Trinajstić information content (AvgIpc) is 3.67. The third kappa shape index (κ3) is 4.17. The van der Waals surface area contributed by atoms with E-state index in [0.717, 1.165) is 35.6 Å². The Labute approximate surface area is 204 Å². The molecule has 1 heterocycles. The second-order valence-corrected chi connectivity index (χ2v) is 8.98. The molecule has 0 radical (unpaired) electrons. The zero-order valence-electron chi connectivity index (χ0n) is 19.4. The molecule has 1 aliphatic carbocycles. The first kappa shape index (κ1) is 23.8. The predicted octanol–water partition coefficient (Wildman–Crippen LogP) is 5.72. The topological polar surface area (TPSA) is 51.1 Å². The third-order valence-corrected chi connectivity index (χ3v) is 6.68. The van der Waals surface area contributed by atoms with Gasteiger partial charge >= 0.3 is 0 Å². The molecule has 1 N–H and O–H groups in total. The quantitative estimate of drug-likeness (QED) is 0.349. The van der Waals surface area contributed by atoms with Gasteiger partial charge in [0.25, 0.3) is 11.5 Å². The first-order valence-electron chi connectivity index (χ1n) is 11.6. The van der Waals surface area contributed by atoms with Crippen LogP contribution in [0, 0.1) is 30.2 Å². The van der Waals surface area contributed by atoms with Crippen molar-refractivity contribution in [3.8, 4) is 0 Å². The smallest absolute Gasteiger partial charge is 0.261 e. The van der Waals surface area contributed by atoms with Gasteiger partial charge in [-0.1, -0.05) is 30.3 Å². The standard InChI is InChI=1S/C28H22F4N2O2/c1-15-24(27(35)33-13-17-5-2-9-22(31)25(17)16-11-12-16)18-6-3-10-23(32)26(18)28(36)34(15)14-19-20(29)7-4-8-21(19)30/h2-10,16H,11-14H2,1H3,(H,33,35). The van der Waals surface area contributed by atoms with Crippen LogP contribution in [-0.4, -0.2) is 10.5 Å².